The van der Waals surface area contributed by atoms with Crippen LogP contribution in [-0.2, 0) is 14.8 Å². The molecule has 0 aliphatic carbocycles. The van der Waals surface area contributed by atoms with Gasteiger partial charge in [-0.1, -0.05) is 12.1 Å². The van der Waals surface area contributed by atoms with Crippen LogP contribution in [0.2, 0.25) is 0 Å². The summed E-state index contributed by atoms with van der Waals surface area (Å²) in [5, 5.41) is 3.03. The van der Waals surface area contributed by atoms with Crippen LogP contribution >= 0.6 is 0 Å². The van der Waals surface area contributed by atoms with Gasteiger partial charge < -0.3 is 19.5 Å². The van der Waals surface area contributed by atoms with E-state index in [-0.39, 0.29) is 17.2 Å². The zero-order valence-corrected chi connectivity index (χ0v) is 17.2. The Kier molecular flexibility index (Phi) is 6.73. The summed E-state index contributed by atoms with van der Waals surface area (Å²) in [5.74, 6) is 0.947. The molecule has 0 atom stereocenters. The molecule has 1 aliphatic rings. The second-order valence-corrected chi connectivity index (χ2v) is 8.33. The van der Waals surface area contributed by atoms with E-state index in [1.54, 1.807) is 37.4 Å². The Bertz CT molecular complexity index is 971. The largest absolute Gasteiger partial charge is 0.497 e. The minimum Gasteiger partial charge on any atom is -0.497 e. The lowest BCUT2D eigenvalue weighted by atomic mass is 10.1. The van der Waals surface area contributed by atoms with Gasteiger partial charge in [-0.2, -0.15) is 4.31 Å². The first-order chi connectivity index (χ1) is 14.0. The highest BCUT2D eigenvalue weighted by Crippen LogP contribution is 2.29. The van der Waals surface area contributed by atoms with Crippen molar-refractivity contribution >= 4 is 21.5 Å². The number of carbonyl (C=O) groups is 1. The molecule has 0 amide bonds. The summed E-state index contributed by atoms with van der Waals surface area (Å²) in [7, 11) is -0.568. The van der Waals surface area contributed by atoms with E-state index < -0.39 is 10.0 Å². The first-order valence-electron chi connectivity index (χ1n) is 9.13. The van der Waals surface area contributed by atoms with E-state index in [9.17, 15) is 13.2 Å². The van der Waals surface area contributed by atoms with Crippen molar-refractivity contribution in [3.63, 3.8) is 0 Å². The van der Waals surface area contributed by atoms with Gasteiger partial charge in [0.1, 0.15) is 11.5 Å². The Hall–Kier alpha value is -2.62. The van der Waals surface area contributed by atoms with Crippen LogP contribution in [0.15, 0.2) is 47.4 Å². The number of ketones is 1. The van der Waals surface area contributed by atoms with Crippen LogP contribution in [0.3, 0.4) is 0 Å². The average molecular weight is 420 g/mol. The number of benzene rings is 2. The van der Waals surface area contributed by atoms with Crippen molar-refractivity contribution in [1.29, 1.82) is 0 Å². The molecule has 0 radical (unpaired) electrons. The second kappa shape index (κ2) is 9.25. The third-order valence-corrected chi connectivity index (χ3v) is 6.51. The lowest BCUT2D eigenvalue weighted by Gasteiger charge is -2.26. The summed E-state index contributed by atoms with van der Waals surface area (Å²) in [5.41, 5.74) is 0.957. The molecule has 0 saturated carbocycles. The fraction of sp³-hybridized carbons (Fsp3) is 0.350. The number of carbonyl (C=O) groups excluding carboxylic acids is 1. The number of Topliss-reactive ketones (excluding diaryl/α,β-unsaturated/α-hetero) is 1. The van der Waals surface area contributed by atoms with Gasteiger partial charge in [0.15, 0.2) is 5.78 Å². The topological polar surface area (TPSA) is 94.2 Å². The molecule has 2 aromatic rings. The van der Waals surface area contributed by atoms with Crippen molar-refractivity contribution in [2.24, 2.45) is 0 Å². The number of morpholine rings is 1. The van der Waals surface area contributed by atoms with E-state index in [2.05, 4.69) is 5.32 Å². The third kappa shape index (κ3) is 4.87. The summed E-state index contributed by atoms with van der Waals surface area (Å²) in [6.45, 7) is 1.33. The lowest BCUT2D eigenvalue weighted by Crippen LogP contribution is -2.40. The molecular weight excluding hydrogens is 396 g/mol. The van der Waals surface area contributed by atoms with Crippen molar-refractivity contribution in [3.05, 3.63) is 48.0 Å². The number of nitrogens with zero attached hydrogens (tertiary/aromatic N) is 1. The number of anilines is 1. The smallest absolute Gasteiger partial charge is 0.243 e. The first-order valence-corrected chi connectivity index (χ1v) is 10.6. The molecule has 3 rings (SSSR count). The van der Waals surface area contributed by atoms with Crippen LogP contribution < -0.4 is 14.8 Å². The lowest BCUT2D eigenvalue weighted by molar-refractivity contribution is 0.0730. The molecule has 0 spiro atoms. The van der Waals surface area contributed by atoms with Gasteiger partial charge in [-0.3, -0.25) is 4.79 Å². The van der Waals surface area contributed by atoms with Crippen molar-refractivity contribution in [2.45, 2.75) is 4.90 Å². The molecule has 0 bridgehead atoms. The van der Waals surface area contributed by atoms with Gasteiger partial charge in [0.25, 0.3) is 0 Å². The Morgan fingerprint density at radius 3 is 2.55 bits per heavy atom. The van der Waals surface area contributed by atoms with Gasteiger partial charge in [-0.15, -0.1) is 0 Å². The van der Waals surface area contributed by atoms with E-state index in [0.717, 1.165) is 0 Å². The van der Waals surface area contributed by atoms with Crippen LogP contribution in [0.1, 0.15) is 10.4 Å². The van der Waals surface area contributed by atoms with Gasteiger partial charge in [-0.25, -0.2) is 8.42 Å². The highest BCUT2D eigenvalue weighted by atomic mass is 32.2. The number of methoxy groups -OCH3 is 2. The van der Waals surface area contributed by atoms with Crippen molar-refractivity contribution < 1.29 is 27.4 Å². The minimum absolute atomic E-state index is 0.0102. The SMILES string of the molecule is COc1ccc(NCC(=O)c2cccc(S(=O)(=O)N3CCOCC3)c2)c(OC)c1. The van der Waals surface area contributed by atoms with Crippen molar-refractivity contribution in [2.75, 3.05) is 52.4 Å². The molecule has 8 nitrogen and oxygen atoms in total. The summed E-state index contributed by atoms with van der Waals surface area (Å²) in [6.07, 6.45) is 0. The summed E-state index contributed by atoms with van der Waals surface area (Å²) < 4.78 is 42.7. The highest BCUT2D eigenvalue weighted by molar-refractivity contribution is 7.89. The minimum atomic E-state index is -3.66. The number of ether oxygens (including phenoxy) is 3. The molecule has 1 heterocycles. The fourth-order valence-corrected chi connectivity index (χ4v) is 4.44. The first kappa shape index (κ1) is 21.1. The summed E-state index contributed by atoms with van der Waals surface area (Å²) in [6, 6.07) is 11.3. The normalized spacial score (nSPS) is 15.0. The van der Waals surface area contributed by atoms with Crippen molar-refractivity contribution in [1.82, 2.24) is 4.31 Å². The molecule has 2 aromatic carbocycles. The monoisotopic (exact) mass is 420 g/mol. The van der Waals surface area contributed by atoms with E-state index in [4.69, 9.17) is 14.2 Å². The Labute approximate surface area is 170 Å². The summed E-state index contributed by atoms with van der Waals surface area (Å²) in [4.78, 5) is 12.7. The van der Waals surface area contributed by atoms with E-state index in [1.807, 2.05) is 0 Å². The van der Waals surface area contributed by atoms with E-state index >= 15 is 0 Å². The Morgan fingerprint density at radius 2 is 1.86 bits per heavy atom. The number of rotatable bonds is 8. The average Bonchev–Trinajstić information content (AvgIpc) is 2.78. The molecule has 1 saturated heterocycles. The number of sulfonamides is 1. The molecule has 1 aliphatic heterocycles. The number of nitrogens with one attached hydrogen (secondary N) is 1. The summed E-state index contributed by atoms with van der Waals surface area (Å²) >= 11 is 0. The molecule has 1 fully saturated rings. The molecule has 0 unspecified atom stereocenters. The molecular formula is C20H24N2O6S. The molecule has 1 N–H and O–H groups in total. The van der Waals surface area contributed by atoms with Crippen LogP contribution in [-0.4, -0.2) is 65.6 Å². The molecule has 0 aromatic heterocycles. The standard InChI is InChI=1S/C20H24N2O6S/c1-26-16-6-7-18(20(13-16)27-2)21-14-19(23)15-4-3-5-17(12-15)29(24,25)22-8-10-28-11-9-22/h3-7,12-13,21H,8-11,14H2,1-2H3. The Balaban J connectivity index is 1.73. The van der Waals surface area contributed by atoms with Crippen LogP contribution in [0.25, 0.3) is 0 Å². The number of hydrogen-bond donors (Lipinski definition) is 1. The zero-order chi connectivity index (χ0) is 20.9. The van der Waals surface area contributed by atoms with Crippen LogP contribution in [0.5, 0.6) is 11.5 Å². The maximum atomic E-state index is 12.8. The predicted octanol–water partition coefficient (Wildman–Crippen LogP) is 2.02. The van der Waals surface area contributed by atoms with Gasteiger partial charge >= 0.3 is 0 Å². The quantitative estimate of drug-likeness (QED) is 0.653. The highest BCUT2D eigenvalue weighted by Gasteiger charge is 2.26. The zero-order valence-electron chi connectivity index (χ0n) is 16.4. The maximum Gasteiger partial charge on any atom is 0.243 e. The van der Waals surface area contributed by atoms with Gasteiger partial charge in [0, 0.05) is 24.7 Å². The maximum absolute atomic E-state index is 12.8. The fourth-order valence-electron chi connectivity index (χ4n) is 2.99. The van der Waals surface area contributed by atoms with Crippen molar-refractivity contribution in [3.8, 4) is 11.5 Å². The molecule has 29 heavy (non-hydrogen) atoms. The van der Waals surface area contributed by atoms with Gasteiger partial charge in [0.2, 0.25) is 10.0 Å². The van der Waals surface area contributed by atoms with E-state index in [1.165, 1.54) is 23.5 Å². The number of hydrogen-bond acceptors (Lipinski definition) is 7. The van der Waals surface area contributed by atoms with Gasteiger partial charge in [0.05, 0.1) is 44.6 Å². The third-order valence-electron chi connectivity index (χ3n) is 4.61. The van der Waals surface area contributed by atoms with Crippen LogP contribution in [0, 0.1) is 0 Å². The predicted molar refractivity (Wildman–Crippen MR) is 108 cm³/mol. The Morgan fingerprint density at radius 1 is 1.10 bits per heavy atom. The van der Waals surface area contributed by atoms with Crippen LogP contribution in [0.4, 0.5) is 5.69 Å². The van der Waals surface area contributed by atoms with E-state index in [0.29, 0.717) is 49.1 Å². The molecule has 156 valence electrons. The van der Waals surface area contributed by atoms with Gasteiger partial charge in [-0.05, 0) is 24.3 Å². The molecule has 9 heteroatoms. The second-order valence-electron chi connectivity index (χ2n) is 6.39.